The molecule has 13 heteroatoms. The molecule has 2 saturated heterocycles. The van der Waals surface area contributed by atoms with Gasteiger partial charge >= 0.3 is 6.36 Å². The zero-order valence-electron chi connectivity index (χ0n) is 20.4. The fourth-order valence-corrected chi connectivity index (χ4v) is 5.75. The van der Waals surface area contributed by atoms with Crippen LogP contribution in [0.1, 0.15) is 43.8 Å². The summed E-state index contributed by atoms with van der Waals surface area (Å²) in [6.07, 6.45) is -4.42. The van der Waals surface area contributed by atoms with Crippen LogP contribution in [0.2, 0.25) is 0 Å². The molecule has 1 aromatic rings. The monoisotopic (exact) mass is 543 g/mol. The Hall–Kier alpha value is -3.06. The number of ether oxygens (including phenoxy) is 1. The van der Waals surface area contributed by atoms with E-state index in [1.165, 1.54) is 17.0 Å². The van der Waals surface area contributed by atoms with Crippen molar-refractivity contribution in [1.82, 2.24) is 15.5 Å². The van der Waals surface area contributed by atoms with Gasteiger partial charge in [0, 0.05) is 19.0 Å². The summed E-state index contributed by atoms with van der Waals surface area (Å²) in [5.41, 5.74) is 0.136. The SMILES string of the molecule is O=C1NCCC1CC(NC(=O)C1C2CCCC2CN1C(=O)[C@H](O)c1ccc(F)cc1)C(=O)COC(F)(F)F. The van der Waals surface area contributed by atoms with Gasteiger partial charge in [0.1, 0.15) is 18.5 Å². The number of ketones is 1. The van der Waals surface area contributed by atoms with E-state index < -0.39 is 60.5 Å². The van der Waals surface area contributed by atoms with E-state index >= 15 is 0 Å². The van der Waals surface area contributed by atoms with Crippen LogP contribution in [0, 0.1) is 23.6 Å². The number of carbonyl (C=O) groups is 4. The van der Waals surface area contributed by atoms with Crippen LogP contribution in [-0.2, 0) is 23.9 Å². The second-order valence-electron chi connectivity index (χ2n) is 10.0. The van der Waals surface area contributed by atoms with E-state index in [-0.39, 0.29) is 36.3 Å². The molecule has 1 aliphatic carbocycles. The van der Waals surface area contributed by atoms with Gasteiger partial charge in [-0.3, -0.25) is 23.9 Å². The van der Waals surface area contributed by atoms with Gasteiger partial charge in [-0.1, -0.05) is 18.6 Å². The normalized spacial score (nSPS) is 26.6. The van der Waals surface area contributed by atoms with Crippen LogP contribution in [0.5, 0.6) is 0 Å². The van der Waals surface area contributed by atoms with Gasteiger partial charge in [0.05, 0.1) is 6.04 Å². The maximum absolute atomic E-state index is 13.5. The third kappa shape index (κ3) is 6.32. The van der Waals surface area contributed by atoms with E-state index in [2.05, 4.69) is 15.4 Å². The summed E-state index contributed by atoms with van der Waals surface area (Å²) < 4.78 is 54.7. The molecule has 9 nitrogen and oxygen atoms in total. The average molecular weight is 544 g/mol. The Morgan fingerprint density at radius 3 is 2.50 bits per heavy atom. The number of amides is 3. The maximum atomic E-state index is 13.5. The number of nitrogens with zero attached hydrogens (tertiary/aromatic N) is 1. The number of halogens is 4. The summed E-state index contributed by atoms with van der Waals surface area (Å²) >= 11 is 0. The fraction of sp³-hybridized carbons (Fsp3) is 0.600. The zero-order chi connectivity index (χ0) is 27.6. The Bertz CT molecular complexity index is 1070. The molecule has 2 heterocycles. The van der Waals surface area contributed by atoms with Gasteiger partial charge in [-0.05, 0) is 55.2 Å². The molecular weight excluding hydrogens is 514 g/mol. The number of rotatable bonds is 9. The van der Waals surface area contributed by atoms with Crippen molar-refractivity contribution in [1.29, 1.82) is 0 Å². The van der Waals surface area contributed by atoms with Crippen molar-refractivity contribution in [3.05, 3.63) is 35.6 Å². The van der Waals surface area contributed by atoms with Gasteiger partial charge in [-0.2, -0.15) is 0 Å². The van der Waals surface area contributed by atoms with Crippen LogP contribution in [0.3, 0.4) is 0 Å². The lowest BCUT2D eigenvalue weighted by atomic mass is 9.92. The second-order valence-corrected chi connectivity index (χ2v) is 10.0. The standard InChI is InChI=1S/C25H29F4N3O6/c26-16-6-4-13(5-7-16)21(34)24(37)32-11-15-2-1-3-17(15)20(32)23(36)31-18(10-14-8-9-30-22(14)35)19(33)12-38-25(27,28)29/h4-7,14-15,17-18,20-21,34H,1-3,8-12H2,(H,30,35)(H,31,36)/t14?,15?,17?,18?,20?,21-/m1/s1. The highest BCUT2D eigenvalue weighted by molar-refractivity contribution is 5.95. The summed E-state index contributed by atoms with van der Waals surface area (Å²) in [5, 5.41) is 15.7. The minimum Gasteiger partial charge on any atom is -0.378 e. The van der Waals surface area contributed by atoms with Gasteiger partial charge in [0.25, 0.3) is 5.91 Å². The first-order valence-electron chi connectivity index (χ1n) is 12.5. The molecule has 2 aliphatic heterocycles. The van der Waals surface area contributed by atoms with Crippen molar-refractivity contribution in [2.24, 2.45) is 17.8 Å². The number of fused-ring (bicyclic) bond motifs is 1. The molecule has 3 aliphatic rings. The molecular formula is C25H29F4N3O6. The Kier molecular flexibility index (Phi) is 8.36. The molecule has 3 N–H and O–H groups in total. The van der Waals surface area contributed by atoms with E-state index in [0.717, 1.165) is 25.0 Å². The first-order chi connectivity index (χ1) is 17.9. The van der Waals surface area contributed by atoms with Crippen molar-refractivity contribution < 1.29 is 46.6 Å². The lowest BCUT2D eigenvalue weighted by Gasteiger charge is -2.30. The Balaban J connectivity index is 1.53. The third-order valence-corrected chi connectivity index (χ3v) is 7.63. The molecule has 6 atom stereocenters. The van der Waals surface area contributed by atoms with Gasteiger partial charge in [0.15, 0.2) is 11.9 Å². The van der Waals surface area contributed by atoms with Crippen LogP contribution in [-0.4, -0.2) is 71.7 Å². The minimum atomic E-state index is -5.06. The Morgan fingerprint density at radius 2 is 1.87 bits per heavy atom. The number of hydrogen-bond acceptors (Lipinski definition) is 6. The van der Waals surface area contributed by atoms with Gasteiger partial charge in [0.2, 0.25) is 11.8 Å². The number of nitrogens with one attached hydrogen (secondary N) is 2. The molecule has 208 valence electrons. The fourth-order valence-electron chi connectivity index (χ4n) is 5.75. The molecule has 5 unspecified atom stereocenters. The molecule has 1 saturated carbocycles. The predicted molar refractivity (Wildman–Crippen MR) is 122 cm³/mol. The molecule has 0 radical (unpaired) electrons. The maximum Gasteiger partial charge on any atom is 0.522 e. The average Bonchev–Trinajstić information content (AvgIpc) is 3.57. The minimum absolute atomic E-state index is 0.0292. The van der Waals surface area contributed by atoms with E-state index in [1.807, 2.05) is 0 Å². The largest absolute Gasteiger partial charge is 0.522 e. The lowest BCUT2D eigenvalue weighted by molar-refractivity contribution is -0.321. The highest BCUT2D eigenvalue weighted by atomic mass is 19.4. The molecule has 3 fully saturated rings. The highest BCUT2D eigenvalue weighted by Crippen LogP contribution is 2.43. The van der Waals surface area contributed by atoms with Gasteiger partial charge in [-0.25, -0.2) is 4.39 Å². The lowest BCUT2D eigenvalue weighted by Crippen LogP contribution is -2.54. The van der Waals surface area contributed by atoms with Crippen LogP contribution in [0.15, 0.2) is 24.3 Å². The van der Waals surface area contributed by atoms with Crippen LogP contribution >= 0.6 is 0 Å². The summed E-state index contributed by atoms with van der Waals surface area (Å²) in [6, 6.07) is 2.18. The molecule has 1 aromatic carbocycles. The molecule has 0 spiro atoms. The van der Waals surface area contributed by atoms with Gasteiger partial charge < -0.3 is 20.6 Å². The van der Waals surface area contributed by atoms with Gasteiger partial charge in [-0.15, -0.1) is 13.2 Å². The number of Topliss-reactive ketones (excluding diaryl/α,β-unsaturated/α-hetero) is 1. The van der Waals surface area contributed by atoms with Crippen LogP contribution in [0.4, 0.5) is 17.6 Å². The number of hydrogen-bond donors (Lipinski definition) is 3. The summed E-state index contributed by atoms with van der Waals surface area (Å²) in [6.45, 7) is -0.820. The van der Waals surface area contributed by atoms with E-state index in [1.54, 1.807) is 0 Å². The Morgan fingerprint density at radius 1 is 1.16 bits per heavy atom. The highest BCUT2D eigenvalue weighted by Gasteiger charge is 2.51. The molecule has 3 amide bonds. The first kappa shape index (κ1) is 28.0. The molecule has 38 heavy (non-hydrogen) atoms. The predicted octanol–water partition coefficient (Wildman–Crippen LogP) is 1.60. The van der Waals surface area contributed by atoms with Crippen molar-refractivity contribution in [3.63, 3.8) is 0 Å². The zero-order valence-corrected chi connectivity index (χ0v) is 20.4. The summed E-state index contributed by atoms with van der Waals surface area (Å²) in [4.78, 5) is 52.8. The topological polar surface area (TPSA) is 125 Å². The van der Waals surface area contributed by atoms with E-state index in [0.29, 0.717) is 19.4 Å². The van der Waals surface area contributed by atoms with Crippen molar-refractivity contribution in [2.75, 3.05) is 19.7 Å². The number of benzene rings is 1. The van der Waals surface area contributed by atoms with Crippen molar-refractivity contribution in [2.45, 2.75) is 56.7 Å². The Labute approximate surface area is 215 Å². The number of likely N-dealkylation sites (tertiary alicyclic amines) is 1. The smallest absolute Gasteiger partial charge is 0.378 e. The third-order valence-electron chi connectivity index (χ3n) is 7.63. The first-order valence-corrected chi connectivity index (χ1v) is 12.5. The number of alkyl halides is 3. The van der Waals surface area contributed by atoms with E-state index in [9.17, 15) is 41.8 Å². The molecule has 0 bridgehead atoms. The number of carbonyl (C=O) groups excluding carboxylic acids is 4. The molecule has 4 rings (SSSR count). The van der Waals surface area contributed by atoms with Crippen molar-refractivity contribution in [3.8, 4) is 0 Å². The van der Waals surface area contributed by atoms with E-state index in [4.69, 9.17) is 0 Å². The number of aliphatic hydroxyl groups excluding tert-OH is 1. The van der Waals surface area contributed by atoms with Crippen LogP contribution in [0.25, 0.3) is 0 Å². The summed E-state index contributed by atoms with van der Waals surface area (Å²) in [7, 11) is 0. The van der Waals surface area contributed by atoms with Crippen LogP contribution < -0.4 is 10.6 Å². The van der Waals surface area contributed by atoms with Crippen molar-refractivity contribution >= 4 is 23.5 Å². The second kappa shape index (κ2) is 11.4. The number of aliphatic hydroxyl groups is 1. The quantitative estimate of drug-likeness (QED) is 0.407. The molecule has 0 aromatic heterocycles. The summed E-state index contributed by atoms with van der Waals surface area (Å²) in [5.74, 6) is -4.48.